The molecule has 1 heterocycles. The zero-order valence-corrected chi connectivity index (χ0v) is 8.31. The van der Waals surface area contributed by atoms with Crippen LogP contribution >= 0.6 is 11.6 Å². The van der Waals surface area contributed by atoms with E-state index in [-0.39, 0.29) is 16.8 Å². The molecule has 1 rings (SSSR count). The summed E-state index contributed by atoms with van der Waals surface area (Å²) in [7, 11) is 2.64. The first-order valence-electron chi connectivity index (χ1n) is 3.66. The fourth-order valence-corrected chi connectivity index (χ4v) is 1.21. The molecule has 0 aliphatic carbocycles. The number of ether oxygens (including phenoxy) is 2. The minimum atomic E-state index is -2.73. The first-order chi connectivity index (χ1) is 6.60. The van der Waals surface area contributed by atoms with Crippen molar-refractivity contribution in [1.82, 2.24) is 4.98 Å². The van der Waals surface area contributed by atoms with Crippen LogP contribution in [0.25, 0.3) is 0 Å². The lowest BCUT2D eigenvalue weighted by Crippen LogP contribution is -1.98. The normalized spacial score (nSPS) is 10.4. The first kappa shape index (κ1) is 11.0. The van der Waals surface area contributed by atoms with Crippen LogP contribution in [-0.2, 0) is 0 Å². The Balaban J connectivity index is 3.27. The third-order valence-electron chi connectivity index (χ3n) is 1.60. The maximum atomic E-state index is 12.5. The Kier molecular flexibility index (Phi) is 3.46. The van der Waals surface area contributed by atoms with Crippen molar-refractivity contribution >= 4 is 11.6 Å². The second-order valence-electron chi connectivity index (χ2n) is 2.37. The standard InChI is InChI=1S/C8H8ClF2NO2/c1-13-4-3-5(14-2)12-7(9)6(4)8(10)11/h3,8H,1-2H3. The Bertz CT molecular complexity index is 333. The third kappa shape index (κ3) is 2.04. The number of hydrogen-bond donors (Lipinski definition) is 0. The predicted molar refractivity (Wildman–Crippen MR) is 47.3 cm³/mol. The highest BCUT2D eigenvalue weighted by Crippen LogP contribution is 2.36. The fourth-order valence-electron chi connectivity index (χ4n) is 0.952. The molecular weight excluding hydrogens is 216 g/mol. The van der Waals surface area contributed by atoms with Crippen LogP contribution in [0.3, 0.4) is 0 Å². The van der Waals surface area contributed by atoms with E-state index in [1.165, 1.54) is 20.3 Å². The molecule has 0 aromatic carbocycles. The molecule has 1 aromatic heterocycles. The van der Waals surface area contributed by atoms with Crippen molar-refractivity contribution in [2.75, 3.05) is 14.2 Å². The van der Waals surface area contributed by atoms with Gasteiger partial charge >= 0.3 is 0 Å². The minimum Gasteiger partial charge on any atom is -0.496 e. The molecule has 0 bridgehead atoms. The summed E-state index contributed by atoms with van der Waals surface area (Å²) in [6, 6.07) is 1.26. The van der Waals surface area contributed by atoms with Crippen LogP contribution in [0.1, 0.15) is 12.0 Å². The Morgan fingerprint density at radius 2 is 2.00 bits per heavy atom. The smallest absolute Gasteiger partial charge is 0.270 e. The van der Waals surface area contributed by atoms with Crippen molar-refractivity contribution in [1.29, 1.82) is 0 Å². The lowest BCUT2D eigenvalue weighted by atomic mass is 10.2. The zero-order valence-electron chi connectivity index (χ0n) is 7.55. The van der Waals surface area contributed by atoms with E-state index < -0.39 is 12.0 Å². The third-order valence-corrected chi connectivity index (χ3v) is 1.89. The van der Waals surface area contributed by atoms with Gasteiger partial charge in [0.25, 0.3) is 6.43 Å². The molecule has 0 N–H and O–H groups in total. The topological polar surface area (TPSA) is 31.4 Å². The van der Waals surface area contributed by atoms with Gasteiger partial charge in [0.15, 0.2) is 0 Å². The summed E-state index contributed by atoms with van der Waals surface area (Å²) < 4.78 is 34.4. The maximum absolute atomic E-state index is 12.5. The van der Waals surface area contributed by atoms with E-state index in [9.17, 15) is 8.78 Å². The number of rotatable bonds is 3. The van der Waals surface area contributed by atoms with E-state index >= 15 is 0 Å². The summed E-state index contributed by atoms with van der Waals surface area (Å²) in [6.07, 6.45) is -2.73. The molecule has 0 fully saturated rings. The fraction of sp³-hybridized carbons (Fsp3) is 0.375. The van der Waals surface area contributed by atoms with Gasteiger partial charge in [0.1, 0.15) is 10.9 Å². The molecule has 0 aliphatic rings. The Hall–Kier alpha value is -1.10. The van der Waals surface area contributed by atoms with Crippen molar-refractivity contribution in [3.8, 4) is 11.6 Å². The van der Waals surface area contributed by atoms with E-state index in [0.29, 0.717) is 0 Å². The zero-order chi connectivity index (χ0) is 10.7. The van der Waals surface area contributed by atoms with Gasteiger partial charge in [-0.1, -0.05) is 11.6 Å². The van der Waals surface area contributed by atoms with Gasteiger partial charge in [-0.2, -0.15) is 0 Å². The van der Waals surface area contributed by atoms with Gasteiger partial charge in [0.2, 0.25) is 5.88 Å². The number of methoxy groups -OCH3 is 2. The molecule has 0 saturated carbocycles. The highest BCUT2D eigenvalue weighted by molar-refractivity contribution is 6.30. The number of halogens is 3. The SMILES string of the molecule is COc1cc(OC)c(C(F)F)c(Cl)n1. The number of hydrogen-bond acceptors (Lipinski definition) is 3. The average molecular weight is 224 g/mol. The quantitative estimate of drug-likeness (QED) is 0.739. The van der Waals surface area contributed by atoms with E-state index in [1.807, 2.05) is 0 Å². The highest BCUT2D eigenvalue weighted by Gasteiger charge is 2.20. The molecule has 0 amide bonds. The molecule has 0 saturated heterocycles. The van der Waals surface area contributed by atoms with Crippen LogP contribution < -0.4 is 9.47 Å². The van der Waals surface area contributed by atoms with Crippen LogP contribution in [0.15, 0.2) is 6.07 Å². The first-order valence-corrected chi connectivity index (χ1v) is 4.04. The molecule has 6 heteroatoms. The van der Waals surface area contributed by atoms with Gasteiger partial charge in [-0.15, -0.1) is 0 Å². The number of aromatic nitrogens is 1. The molecule has 0 spiro atoms. The summed E-state index contributed by atoms with van der Waals surface area (Å²) in [6.45, 7) is 0. The second kappa shape index (κ2) is 4.41. The largest absolute Gasteiger partial charge is 0.496 e. The minimum absolute atomic E-state index is 0.0307. The number of alkyl halides is 2. The molecule has 0 unspecified atom stereocenters. The van der Waals surface area contributed by atoms with Crippen molar-refractivity contribution in [2.45, 2.75) is 6.43 Å². The van der Waals surface area contributed by atoms with Crippen LogP contribution in [0.2, 0.25) is 5.15 Å². The van der Waals surface area contributed by atoms with Crippen molar-refractivity contribution < 1.29 is 18.3 Å². The predicted octanol–water partition coefficient (Wildman–Crippen LogP) is 2.69. The molecule has 3 nitrogen and oxygen atoms in total. The lowest BCUT2D eigenvalue weighted by molar-refractivity contribution is 0.146. The maximum Gasteiger partial charge on any atom is 0.270 e. The summed E-state index contributed by atoms with van der Waals surface area (Å²) in [4.78, 5) is 3.60. The van der Waals surface area contributed by atoms with Gasteiger partial charge in [0.05, 0.1) is 19.8 Å². The van der Waals surface area contributed by atoms with E-state index in [4.69, 9.17) is 21.1 Å². The molecule has 0 radical (unpaired) electrons. The summed E-state index contributed by atoms with van der Waals surface area (Å²) >= 11 is 5.54. The molecule has 1 aromatic rings. The highest BCUT2D eigenvalue weighted by atomic mass is 35.5. The molecular formula is C8H8ClF2NO2. The van der Waals surface area contributed by atoms with E-state index in [2.05, 4.69) is 4.98 Å². The Morgan fingerprint density at radius 3 is 2.43 bits per heavy atom. The van der Waals surface area contributed by atoms with Gasteiger partial charge in [-0.3, -0.25) is 0 Å². The molecule has 0 aliphatic heterocycles. The van der Waals surface area contributed by atoms with Crippen LogP contribution in [0.4, 0.5) is 8.78 Å². The Morgan fingerprint density at radius 1 is 1.36 bits per heavy atom. The summed E-state index contributed by atoms with van der Waals surface area (Å²) in [5.74, 6) is 0.105. The van der Waals surface area contributed by atoms with Crippen LogP contribution in [-0.4, -0.2) is 19.2 Å². The number of nitrogens with zero attached hydrogens (tertiary/aromatic N) is 1. The van der Waals surface area contributed by atoms with Crippen molar-refractivity contribution in [3.63, 3.8) is 0 Å². The second-order valence-corrected chi connectivity index (χ2v) is 2.73. The monoisotopic (exact) mass is 223 g/mol. The van der Waals surface area contributed by atoms with Crippen molar-refractivity contribution in [3.05, 3.63) is 16.8 Å². The summed E-state index contributed by atoms with van der Waals surface area (Å²) in [5, 5.41) is -0.309. The van der Waals surface area contributed by atoms with E-state index in [1.54, 1.807) is 0 Å². The van der Waals surface area contributed by atoms with Gasteiger partial charge in [-0.05, 0) is 0 Å². The van der Waals surface area contributed by atoms with Crippen LogP contribution in [0.5, 0.6) is 11.6 Å². The summed E-state index contributed by atoms with van der Waals surface area (Å²) in [5.41, 5.74) is -0.421. The van der Waals surface area contributed by atoms with Crippen molar-refractivity contribution in [2.24, 2.45) is 0 Å². The molecule has 78 valence electrons. The van der Waals surface area contributed by atoms with Gasteiger partial charge < -0.3 is 9.47 Å². The molecule has 0 atom stereocenters. The average Bonchev–Trinajstić information content (AvgIpc) is 2.15. The number of pyridine rings is 1. The lowest BCUT2D eigenvalue weighted by Gasteiger charge is -2.10. The van der Waals surface area contributed by atoms with Gasteiger partial charge in [-0.25, -0.2) is 13.8 Å². The van der Waals surface area contributed by atoms with E-state index in [0.717, 1.165) is 0 Å². The van der Waals surface area contributed by atoms with Crippen LogP contribution in [0, 0.1) is 0 Å². The molecule has 14 heavy (non-hydrogen) atoms. The van der Waals surface area contributed by atoms with Gasteiger partial charge in [0, 0.05) is 6.07 Å². The Labute approximate surface area is 84.6 Å².